The van der Waals surface area contributed by atoms with Crippen LogP contribution < -0.4 is 0 Å². The second-order valence-electron chi connectivity index (χ2n) is 4.80. The van der Waals surface area contributed by atoms with Crippen LogP contribution in [0.15, 0.2) is 0 Å². The van der Waals surface area contributed by atoms with Gasteiger partial charge in [-0.2, -0.15) is 0 Å². The molecule has 1 heterocycles. The third kappa shape index (κ3) is 4.49. The van der Waals surface area contributed by atoms with Crippen molar-refractivity contribution in [2.75, 3.05) is 26.3 Å². The van der Waals surface area contributed by atoms with Gasteiger partial charge in [0, 0.05) is 25.7 Å². The number of likely N-dealkylation sites (tertiary alicyclic amines) is 1. The summed E-state index contributed by atoms with van der Waals surface area (Å²) in [6.45, 7) is 9.51. The fourth-order valence-corrected chi connectivity index (χ4v) is 2.21. The van der Waals surface area contributed by atoms with E-state index in [2.05, 4.69) is 18.7 Å². The van der Waals surface area contributed by atoms with Gasteiger partial charge in [0.15, 0.2) is 0 Å². The molecule has 0 amide bonds. The van der Waals surface area contributed by atoms with Gasteiger partial charge in [-0.1, -0.05) is 6.92 Å². The molecule has 1 aliphatic heterocycles. The number of aliphatic hydroxyl groups excluding tert-OH is 1. The topological polar surface area (TPSA) is 32.7 Å². The van der Waals surface area contributed by atoms with Crippen molar-refractivity contribution in [1.82, 2.24) is 4.90 Å². The van der Waals surface area contributed by atoms with Crippen molar-refractivity contribution in [3.05, 3.63) is 0 Å². The molecule has 0 bridgehead atoms. The van der Waals surface area contributed by atoms with E-state index in [4.69, 9.17) is 4.74 Å². The first-order valence-corrected chi connectivity index (χ1v) is 6.13. The average molecular weight is 215 g/mol. The second kappa shape index (κ2) is 6.46. The summed E-state index contributed by atoms with van der Waals surface area (Å²) in [6, 6.07) is 0.609. The van der Waals surface area contributed by atoms with E-state index in [1.807, 2.05) is 6.92 Å². The fraction of sp³-hybridized carbons (Fsp3) is 1.00. The standard InChI is InChI=1S/C12H25NO2/c1-4-15-9-12(14)8-13-7-10(2)5-6-11(13)3/h10-12,14H,4-9H2,1-3H3. The number of piperidine rings is 1. The Morgan fingerprint density at radius 3 is 2.80 bits per heavy atom. The number of rotatable bonds is 5. The predicted molar refractivity (Wildman–Crippen MR) is 61.9 cm³/mol. The van der Waals surface area contributed by atoms with Crippen molar-refractivity contribution in [2.45, 2.75) is 45.8 Å². The number of β-amino-alcohol motifs (C(OH)–C–C–N with tert-alkyl or cyclic N) is 1. The summed E-state index contributed by atoms with van der Waals surface area (Å²) in [4.78, 5) is 2.39. The van der Waals surface area contributed by atoms with Crippen molar-refractivity contribution in [1.29, 1.82) is 0 Å². The lowest BCUT2D eigenvalue weighted by molar-refractivity contribution is 0.00191. The van der Waals surface area contributed by atoms with Crippen molar-refractivity contribution in [2.24, 2.45) is 5.92 Å². The van der Waals surface area contributed by atoms with Crippen LogP contribution >= 0.6 is 0 Å². The highest BCUT2D eigenvalue weighted by molar-refractivity contribution is 4.78. The maximum absolute atomic E-state index is 9.77. The molecule has 0 aromatic rings. The zero-order chi connectivity index (χ0) is 11.3. The second-order valence-corrected chi connectivity index (χ2v) is 4.80. The Hall–Kier alpha value is -0.120. The molecule has 1 aliphatic rings. The first-order chi connectivity index (χ1) is 7.13. The lowest BCUT2D eigenvalue weighted by Gasteiger charge is -2.37. The molecule has 3 atom stereocenters. The molecule has 0 aromatic heterocycles. The van der Waals surface area contributed by atoms with Gasteiger partial charge in [0.2, 0.25) is 0 Å². The van der Waals surface area contributed by atoms with E-state index >= 15 is 0 Å². The van der Waals surface area contributed by atoms with E-state index in [0.717, 1.165) is 19.0 Å². The molecule has 0 spiro atoms. The molecule has 0 aliphatic carbocycles. The molecular formula is C12H25NO2. The molecule has 0 saturated carbocycles. The first kappa shape index (κ1) is 12.9. The highest BCUT2D eigenvalue weighted by Gasteiger charge is 2.24. The molecule has 90 valence electrons. The van der Waals surface area contributed by atoms with Crippen LogP contribution in [0.4, 0.5) is 0 Å². The van der Waals surface area contributed by atoms with E-state index in [-0.39, 0.29) is 6.10 Å². The maximum atomic E-state index is 9.77. The molecule has 1 N–H and O–H groups in total. The normalized spacial score (nSPS) is 30.4. The van der Waals surface area contributed by atoms with Gasteiger partial charge in [0.1, 0.15) is 0 Å². The van der Waals surface area contributed by atoms with Crippen LogP contribution in [-0.2, 0) is 4.74 Å². The third-order valence-electron chi connectivity index (χ3n) is 3.21. The van der Waals surface area contributed by atoms with Crippen molar-refractivity contribution < 1.29 is 9.84 Å². The Kier molecular flexibility index (Phi) is 5.58. The molecule has 1 fully saturated rings. The van der Waals surface area contributed by atoms with Gasteiger partial charge in [-0.05, 0) is 32.6 Å². The van der Waals surface area contributed by atoms with Crippen LogP contribution in [0.5, 0.6) is 0 Å². The van der Waals surface area contributed by atoms with Gasteiger partial charge < -0.3 is 9.84 Å². The van der Waals surface area contributed by atoms with E-state index < -0.39 is 0 Å². The van der Waals surface area contributed by atoms with Gasteiger partial charge in [-0.15, -0.1) is 0 Å². The number of hydrogen-bond acceptors (Lipinski definition) is 3. The lowest BCUT2D eigenvalue weighted by atomic mass is 9.95. The van der Waals surface area contributed by atoms with E-state index in [0.29, 0.717) is 19.3 Å². The van der Waals surface area contributed by atoms with Gasteiger partial charge in [0.25, 0.3) is 0 Å². The quantitative estimate of drug-likeness (QED) is 0.754. The predicted octanol–water partition coefficient (Wildman–Crippen LogP) is 1.50. The van der Waals surface area contributed by atoms with Crippen LogP contribution in [0.3, 0.4) is 0 Å². The summed E-state index contributed by atoms with van der Waals surface area (Å²) in [5.74, 6) is 0.764. The smallest absolute Gasteiger partial charge is 0.0900 e. The van der Waals surface area contributed by atoms with Gasteiger partial charge in [-0.3, -0.25) is 4.90 Å². The maximum Gasteiger partial charge on any atom is 0.0900 e. The highest BCUT2D eigenvalue weighted by atomic mass is 16.5. The highest BCUT2D eigenvalue weighted by Crippen LogP contribution is 2.21. The summed E-state index contributed by atoms with van der Waals surface area (Å²) < 4.78 is 5.22. The van der Waals surface area contributed by atoms with Crippen LogP contribution in [-0.4, -0.2) is 48.5 Å². The average Bonchev–Trinajstić information content (AvgIpc) is 2.20. The monoisotopic (exact) mass is 215 g/mol. The number of aliphatic hydroxyl groups is 1. The summed E-state index contributed by atoms with van der Waals surface area (Å²) in [6.07, 6.45) is 2.24. The largest absolute Gasteiger partial charge is 0.389 e. The minimum Gasteiger partial charge on any atom is -0.389 e. The molecule has 1 saturated heterocycles. The Morgan fingerprint density at radius 2 is 2.13 bits per heavy atom. The first-order valence-electron chi connectivity index (χ1n) is 6.13. The van der Waals surface area contributed by atoms with Gasteiger partial charge in [0.05, 0.1) is 12.7 Å². The Labute approximate surface area is 93.4 Å². The van der Waals surface area contributed by atoms with E-state index in [1.54, 1.807) is 0 Å². The zero-order valence-corrected chi connectivity index (χ0v) is 10.3. The molecule has 0 radical (unpaired) electrons. The van der Waals surface area contributed by atoms with E-state index in [1.165, 1.54) is 12.8 Å². The minimum absolute atomic E-state index is 0.335. The Bertz CT molecular complexity index is 175. The summed E-state index contributed by atoms with van der Waals surface area (Å²) in [5.41, 5.74) is 0. The Balaban J connectivity index is 2.28. The van der Waals surface area contributed by atoms with Crippen molar-refractivity contribution in [3.63, 3.8) is 0 Å². The van der Waals surface area contributed by atoms with E-state index in [9.17, 15) is 5.11 Å². The fourth-order valence-electron chi connectivity index (χ4n) is 2.21. The minimum atomic E-state index is -0.335. The molecule has 3 nitrogen and oxygen atoms in total. The molecular weight excluding hydrogens is 190 g/mol. The molecule has 15 heavy (non-hydrogen) atoms. The van der Waals surface area contributed by atoms with Crippen LogP contribution in [0.2, 0.25) is 0 Å². The van der Waals surface area contributed by atoms with Crippen LogP contribution in [0.1, 0.15) is 33.6 Å². The zero-order valence-electron chi connectivity index (χ0n) is 10.3. The number of nitrogens with zero attached hydrogens (tertiary/aromatic N) is 1. The van der Waals surface area contributed by atoms with Crippen molar-refractivity contribution in [3.8, 4) is 0 Å². The van der Waals surface area contributed by atoms with Crippen LogP contribution in [0.25, 0.3) is 0 Å². The SMILES string of the molecule is CCOCC(O)CN1CC(C)CCC1C. The van der Waals surface area contributed by atoms with Gasteiger partial charge >= 0.3 is 0 Å². The summed E-state index contributed by atoms with van der Waals surface area (Å²) in [7, 11) is 0. The molecule has 1 rings (SSSR count). The van der Waals surface area contributed by atoms with Crippen LogP contribution in [0, 0.1) is 5.92 Å². The molecule has 0 aromatic carbocycles. The molecule has 3 heteroatoms. The summed E-state index contributed by atoms with van der Waals surface area (Å²) in [5, 5.41) is 9.77. The molecule has 3 unspecified atom stereocenters. The number of ether oxygens (including phenoxy) is 1. The lowest BCUT2D eigenvalue weighted by Crippen LogP contribution is -2.45. The van der Waals surface area contributed by atoms with Gasteiger partial charge in [-0.25, -0.2) is 0 Å². The number of hydrogen-bond donors (Lipinski definition) is 1. The summed E-state index contributed by atoms with van der Waals surface area (Å²) >= 11 is 0. The van der Waals surface area contributed by atoms with Crippen molar-refractivity contribution >= 4 is 0 Å². The third-order valence-corrected chi connectivity index (χ3v) is 3.21. The Morgan fingerprint density at radius 1 is 1.40 bits per heavy atom.